The van der Waals surface area contributed by atoms with Gasteiger partial charge in [0.15, 0.2) is 0 Å². The van der Waals surface area contributed by atoms with Gasteiger partial charge in [-0.2, -0.15) is 0 Å². The van der Waals surface area contributed by atoms with E-state index in [4.69, 9.17) is 22.2 Å². The summed E-state index contributed by atoms with van der Waals surface area (Å²) in [7, 11) is 0. The van der Waals surface area contributed by atoms with Crippen molar-refractivity contribution < 1.29 is 4.79 Å². The van der Waals surface area contributed by atoms with Crippen LogP contribution in [-0.2, 0) is 4.79 Å². The van der Waals surface area contributed by atoms with E-state index in [1.807, 2.05) is 6.55 Å². The van der Waals surface area contributed by atoms with Crippen LogP contribution in [-0.4, -0.2) is 19.3 Å². The molecular formula is C19H37Cl2NOSi. The fourth-order valence-electron chi connectivity index (χ4n) is 2.97. The van der Waals surface area contributed by atoms with Crippen LogP contribution in [0.4, 0.5) is 0 Å². The topological polar surface area (TPSA) is 29.4 Å². The molecule has 0 amide bonds. The summed E-state index contributed by atoms with van der Waals surface area (Å²) in [5, 5.41) is 0. The molecule has 0 spiro atoms. The van der Waals surface area contributed by atoms with E-state index in [9.17, 15) is 4.79 Å². The van der Waals surface area contributed by atoms with E-state index >= 15 is 0 Å². The first-order valence-corrected chi connectivity index (χ1v) is 14.7. The van der Waals surface area contributed by atoms with Crippen molar-refractivity contribution in [3.63, 3.8) is 0 Å². The molecule has 0 saturated carbocycles. The molecule has 0 saturated heterocycles. The highest BCUT2D eigenvalue weighted by atomic mass is 35.7. The van der Waals surface area contributed by atoms with Gasteiger partial charge in [-0.3, -0.25) is 0 Å². The summed E-state index contributed by atoms with van der Waals surface area (Å²) in [5.41, 5.74) is 0. The van der Waals surface area contributed by atoms with E-state index in [1.54, 1.807) is 6.08 Å². The molecule has 0 N–H and O–H groups in total. The highest BCUT2D eigenvalue weighted by Crippen LogP contribution is 2.23. The fraction of sp³-hybridized carbons (Fsp3) is 0.947. The third-order valence-electron chi connectivity index (χ3n) is 4.45. The Morgan fingerprint density at radius 3 is 1.33 bits per heavy atom. The lowest BCUT2D eigenvalue weighted by Gasteiger charge is -2.09. The Bertz CT molecular complexity index is 315. The molecule has 0 fully saturated rings. The largest absolute Gasteiger partial charge is 0.248 e. The van der Waals surface area contributed by atoms with Crippen LogP contribution >= 0.6 is 22.2 Å². The minimum Gasteiger partial charge on any atom is -0.211 e. The summed E-state index contributed by atoms with van der Waals surface area (Å²) >= 11 is 12.2. The van der Waals surface area contributed by atoms with E-state index < -0.39 is 6.69 Å². The van der Waals surface area contributed by atoms with Crippen molar-refractivity contribution in [2.75, 3.05) is 6.54 Å². The molecule has 0 aliphatic heterocycles. The Labute approximate surface area is 160 Å². The number of isocyanates is 1. The van der Waals surface area contributed by atoms with Crippen molar-refractivity contribution >= 4 is 34.9 Å². The number of unbranched alkanes of at least 4 members (excludes halogenated alkanes) is 14. The SMILES string of the molecule is C[Si](Cl)(Cl)CCCCCCCCCCCCCCCCCN=C=O. The number of hydrogen-bond donors (Lipinski definition) is 0. The van der Waals surface area contributed by atoms with Gasteiger partial charge < -0.3 is 0 Å². The zero-order chi connectivity index (χ0) is 17.9. The van der Waals surface area contributed by atoms with Gasteiger partial charge in [-0.05, 0) is 19.0 Å². The van der Waals surface area contributed by atoms with Crippen molar-refractivity contribution in [2.45, 2.75) is 109 Å². The van der Waals surface area contributed by atoms with Gasteiger partial charge in [0, 0.05) is 0 Å². The minimum absolute atomic E-state index is 0.657. The maximum Gasteiger partial charge on any atom is 0.248 e. The molecule has 0 aromatic heterocycles. The van der Waals surface area contributed by atoms with Gasteiger partial charge in [0.05, 0.1) is 6.54 Å². The molecule has 0 radical (unpaired) electrons. The van der Waals surface area contributed by atoms with Crippen LogP contribution in [0.25, 0.3) is 0 Å². The van der Waals surface area contributed by atoms with Gasteiger partial charge in [-0.15, -0.1) is 22.2 Å². The predicted molar refractivity (Wildman–Crippen MR) is 110 cm³/mol. The zero-order valence-electron chi connectivity index (χ0n) is 15.6. The summed E-state index contributed by atoms with van der Waals surface area (Å²) < 4.78 is 0. The fourth-order valence-corrected chi connectivity index (χ4v) is 4.64. The summed E-state index contributed by atoms with van der Waals surface area (Å²) in [6, 6.07) is 1.04. The summed E-state index contributed by atoms with van der Waals surface area (Å²) in [4.78, 5) is 13.5. The second-order valence-electron chi connectivity index (χ2n) is 7.10. The monoisotopic (exact) mass is 393 g/mol. The Morgan fingerprint density at radius 2 is 1.00 bits per heavy atom. The van der Waals surface area contributed by atoms with Crippen LogP contribution in [0.1, 0.15) is 96.3 Å². The number of carbonyl (C=O) groups excluding carboxylic acids is 1. The van der Waals surface area contributed by atoms with Crippen LogP contribution in [0.3, 0.4) is 0 Å². The molecule has 2 nitrogen and oxygen atoms in total. The van der Waals surface area contributed by atoms with Crippen molar-refractivity contribution in [2.24, 2.45) is 4.99 Å². The van der Waals surface area contributed by atoms with Gasteiger partial charge in [-0.1, -0.05) is 89.9 Å². The van der Waals surface area contributed by atoms with Crippen LogP contribution in [0.5, 0.6) is 0 Å². The molecule has 0 aromatic carbocycles. The van der Waals surface area contributed by atoms with Crippen LogP contribution in [0.15, 0.2) is 4.99 Å². The third-order valence-corrected chi connectivity index (χ3v) is 6.82. The maximum absolute atomic E-state index is 9.90. The number of aliphatic imine (C=N–C) groups is 1. The Kier molecular flexibility index (Phi) is 18.1. The number of rotatable bonds is 18. The molecular weight excluding hydrogens is 357 g/mol. The summed E-state index contributed by atoms with van der Waals surface area (Å²) in [6.07, 6.45) is 21.4. The van der Waals surface area contributed by atoms with Crippen molar-refractivity contribution in [3.8, 4) is 0 Å². The highest BCUT2D eigenvalue weighted by molar-refractivity contribution is 7.44. The van der Waals surface area contributed by atoms with Crippen LogP contribution in [0, 0.1) is 0 Å². The van der Waals surface area contributed by atoms with Gasteiger partial charge in [0.1, 0.15) is 0 Å². The molecule has 0 aromatic rings. The quantitative estimate of drug-likeness (QED) is 0.0769. The molecule has 0 unspecified atom stereocenters. The Morgan fingerprint density at radius 1 is 0.667 bits per heavy atom. The number of hydrogen-bond acceptors (Lipinski definition) is 2. The standard InChI is InChI=1S/C19H37Cl2NOSi/c1-24(20,21)18-16-14-12-10-8-6-4-2-3-5-7-9-11-13-15-17-22-19-23/h2-18H2,1H3. The van der Waals surface area contributed by atoms with Crippen LogP contribution < -0.4 is 0 Å². The highest BCUT2D eigenvalue weighted by Gasteiger charge is 2.19. The lowest BCUT2D eigenvalue weighted by molar-refractivity contribution is 0.532. The minimum atomic E-state index is -1.84. The van der Waals surface area contributed by atoms with Crippen molar-refractivity contribution in [1.29, 1.82) is 0 Å². The van der Waals surface area contributed by atoms with Crippen molar-refractivity contribution in [3.05, 3.63) is 0 Å². The van der Waals surface area contributed by atoms with Gasteiger partial charge in [0.25, 0.3) is 0 Å². The third kappa shape index (κ3) is 22.2. The first-order chi connectivity index (χ1) is 11.6. The normalized spacial score (nSPS) is 11.5. The molecule has 0 rings (SSSR count). The molecule has 0 heterocycles. The molecule has 0 bridgehead atoms. The van der Waals surface area contributed by atoms with Gasteiger partial charge >= 0.3 is 0 Å². The molecule has 5 heteroatoms. The first kappa shape index (κ1) is 24.2. The van der Waals surface area contributed by atoms with Gasteiger partial charge in [0.2, 0.25) is 12.8 Å². The smallest absolute Gasteiger partial charge is 0.211 e. The van der Waals surface area contributed by atoms with E-state index in [2.05, 4.69) is 4.99 Å². The first-order valence-electron chi connectivity index (χ1n) is 9.98. The van der Waals surface area contributed by atoms with Crippen LogP contribution in [0.2, 0.25) is 12.6 Å². The van der Waals surface area contributed by atoms with E-state index in [0.29, 0.717) is 6.54 Å². The van der Waals surface area contributed by atoms with E-state index in [0.717, 1.165) is 12.5 Å². The lowest BCUT2D eigenvalue weighted by atomic mass is 10.0. The Balaban J connectivity index is 3.04. The average molecular weight is 395 g/mol. The molecule has 142 valence electrons. The predicted octanol–water partition coefficient (Wildman–Crippen LogP) is 7.72. The molecule has 24 heavy (non-hydrogen) atoms. The average Bonchev–Trinajstić information content (AvgIpc) is 2.52. The molecule has 0 aliphatic rings. The lowest BCUT2D eigenvalue weighted by Crippen LogP contribution is -2.11. The molecule has 0 aliphatic carbocycles. The van der Waals surface area contributed by atoms with Crippen molar-refractivity contribution in [1.82, 2.24) is 0 Å². The number of halogens is 2. The summed E-state index contributed by atoms with van der Waals surface area (Å²) in [6.45, 7) is 0.830. The van der Waals surface area contributed by atoms with E-state index in [1.165, 1.54) is 89.9 Å². The Hall–Kier alpha value is 0.177. The van der Waals surface area contributed by atoms with E-state index in [-0.39, 0.29) is 0 Å². The second kappa shape index (κ2) is 18.0. The van der Waals surface area contributed by atoms with Gasteiger partial charge in [-0.25, -0.2) is 9.79 Å². The summed E-state index contributed by atoms with van der Waals surface area (Å²) in [5.74, 6) is 0. The second-order valence-corrected chi connectivity index (χ2v) is 15.3. The maximum atomic E-state index is 9.90. The molecule has 0 atom stereocenters. The number of nitrogens with zero attached hydrogens (tertiary/aromatic N) is 1. The zero-order valence-corrected chi connectivity index (χ0v) is 18.1.